The lowest BCUT2D eigenvalue weighted by Crippen LogP contribution is -2.43. The molecule has 174 valence electrons. The lowest BCUT2D eigenvalue weighted by atomic mass is 10.1. The molecule has 7 nitrogen and oxygen atoms in total. The molecule has 0 aliphatic heterocycles. The summed E-state index contributed by atoms with van der Waals surface area (Å²) in [6, 6.07) is 1.87. The minimum absolute atomic E-state index is 0.260. The Hall–Kier alpha value is -1.83. The highest BCUT2D eigenvalue weighted by atomic mass is 32.2. The number of aromatic nitrogens is 3. The Kier molecular flexibility index (Phi) is 8.00. The summed E-state index contributed by atoms with van der Waals surface area (Å²) in [7, 11) is -6.04. The van der Waals surface area contributed by atoms with Gasteiger partial charge in [-0.2, -0.15) is 17.5 Å². The average molecular weight is 483 g/mol. The number of alkyl halides is 3. The van der Waals surface area contributed by atoms with Crippen LogP contribution >= 0.6 is 0 Å². The van der Waals surface area contributed by atoms with Crippen molar-refractivity contribution in [1.82, 2.24) is 19.3 Å². The van der Waals surface area contributed by atoms with E-state index in [0.29, 0.717) is 10.9 Å². The van der Waals surface area contributed by atoms with Gasteiger partial charge < -0.3 is 4.74 Å². The first-order valence-corrected chi connectivity index (χ1v) is 14.7. The van der Waals surface area contributed by atoms with E-state index in [4.69, 9.17) is 4.74 Å². The van der Waals surface area contributed by atoms with E-state index in [1.165, 1.54) is 6.92 Å². The highest BCUT2D eigenvalue weighted by Crippen LogP contribution is 2.40. The van der Waals surface area contributed by atoms with Crippen LogP contribution in [0.1, 0.15) is 18.5 Å². The molecule has 13 heteroatoms. The first-order valence-electron chi connectivity index (χ1n) is 9.57. The Labute approximate surface area is 180 Å². The first-order chi connectivity index (χ1) is 14.3. The van der Waals surface area contributed by atoms with Gasteiger partial charge in [-0.15, -0.1) is 5.10 Å². The van der Waals surface area contributed by atoms with E-state index in [-0.39, 0.29) is 6.73 Å². The third-order valence-corrected chi connectivity index (χ3v) is 8.10. The Morgan fingerprint density at radius 2 is 1.81 bits per heavy atom. The second-order valence-electron chi connectivity index (χ2n) is 8.12. The number of sulfonamides is 1. The molecule has 0 N–H and O–H groups in total. The van der Waals surface area contributed by atoms with Gasteiger partial charge in [0.2, 0.25) is 0 Å². The fourth-order valence-electron chi connectivity index (χ4n) is 2.84. The van der Waals surface area contributed by atoms with Crippen molar-refractivity contribution in [1.29, 1.82) is 0 Å². The van der Waals surface area contributed by atoms with Crippen LogP contribution in [0.2, 0.25) is 25.7 Å². The Morgan fingerprint density at radius 3 is 2.32 bits per heavy atom. The van der Waals surface area contributed by atoms with Gasteiger partial charge in [0.25, 0.3) is 10.0 Å². The SMILES string of the molecule is CCN([C@H](c1ccc(F)cc1)C(F)(F)F)S(=O)(=O)c1cnnn1COCC[Si](C)(C)C. The zero-order valence-corrected chi connectivity index (χ0v) is 19.5. The monoisotopic (exact) mass is 482 g/mol. The molecule has 2 aromatic rings. The van der Waals surface area contributed by atoms with Gasteiger partial charge in [-0.25, -0.2) is 17.5 Å². The summed E-state index contributed by atoms with van der Waals surface area (Å²) >= 11 is 0. The van der Waals surface area contributed by atoms with Crippen LogP contribution in [0.3, 0.4) is 0 Å². The third kappa shape index (κ3) is 6.57. The Morgan fingerprint density at radius 1 is 1.19 bits per heavy atom. The summed E-state index contributed by atoms with van der Waals surface area (Å²) in [4.78, 5) is 0. The molecule has 0 saturated heterocycles. The Bertz CT molecular complexity index is 959. The number of ether oxygens (including phenoxy) is 1. The number of benzene rings is 1. The number of rotatable bonds is 10. The highest BCUT2D eigenvalue weighted by molar-refractivity contribution is 7.89. The van der Waals surface area contributed by atoms with E-state index in [1.807, 2.05) is 0 Å². The van der Waals surface area contributed by atoms with E-state index in [9.17, 15) is 26.0 Å². The lowest BCUT2D eigenvalue weighted by molar-refractivity contribution is -0.173. The van der Waals surface area contributed by atoms with Crippen LogP contribution in [0.5, 0.6) is 0 Å². The van der Waals surface area contributed by atoms with Gasteiger partial charge >= 0.3 is 6.18 Å². The second-order valence-corrected chi connectivity index (χ2v) is 15.6. The maximum absolute atomic E-state index is 13.9. The van der Waals surface area contributed by atoms with Gasteiger partial charge in [0.05, 0.1) is 6.20 Å². The standard InChI is InChI=1S/C18H26F4N4O3SSi/c1-5-26(17(18(20,21)22)14-6-8-15(19)9-7-14)30(27,28)16-12-23-24-25(16)13-29-10-11-31(2,3)4/h6-9,12,17H,5,10-11,13H2,1-4H3/t17-/m1/s1. The van der Waals surface area contributed by atoms with Crippen LogP contribution in [0.25, 0.3) is 0 Å². The fraction of sp³-hybridized carbons (Fsp3) is 0.556. The Balaban J connectivity index is 2.35. The molecule has 1 aromatic carbocycles. The van der Waals surface area contributed by atoms with Gasteiger partial charge in [0.1, 0.15) is 18.6 Å². The molecule has 31 heavy (non-hydrogen) atoms. The van der Waals surface area contributed by atoms with E-state index in [1.54, 1.807) is 0 Å². The molecule has 0 aliphatic rings. The van der Waals surface area contributed by atoms with Crippen molar-refractivity contribution in [3.05, 3.63) is 41.8 Å². The average Bonchev–Trinajstić information content (AvgIpc) is 3.12. The number of halogens is 4. The predicted molar refractivity (Wildman–Crippen MR) is 109 cm³/mol. The molecule has 0 spiro atoms. The topological polar surface area (TPSA) is 77.3 Å². The van der Waals surface area contributed by atoms with Crippen LogP contribution in [0, 0.1) is 5.82 Å². The summed E-state index contributed by atoms with van der Waals surface area (Å²) < 4.78 is 88.0. The minimum Gasteiger partial charge on any atom is -0.359 e. The van der Waals surface area contributed by atoms with Gasteiger partial charge in [0.15, 0.2) is 5.03 Å². The summed E-state index contributed by atoms with van der Waals surface area (Å²) in [5.74, 6) is -0.728. The lowest BCUT2D eigenvalue weighted by Gasteiger charge is -2.31. The summed E-state index contributed by atoms with van der Waals surface area (Å²) in [6.45, 7) is 7.36. The quantitative estimate of drug-likeness (QED) is 0.290. The molecule has 1 atom stereocenters. The summed E-state index contributed by atoms with van der Waals surface area (Å²) in [5.41, 5.74) is -0.398. The molecule has 0 unspecified atom stereocenters. The maximum atomic E-state index is 13.9. The van der Waals surface area contributed by atoms with Gasteiger partial charge in [-0.1, -0.05) is 43.9 Å². The van der Waals surface area contributed by atoms with E-state index in [0.717, 1.165) is 41.2 Å². The molecule has 0 radical (unpaired) electrons. The molecule has 1 heterocycles. The van der Waals surface area contributed by atoms with Crippen LogP contribution in [-0.2, 0) is 21.5 Å². The molecule has 2 rings (SSSR count). The molecule has 0 bridgehead atoms. The summed E-state index contributed by atoms with van der Waals surface area (Å²) in [5, 5.41) is 6.68. The van der Waals surface area contributed by atoms with Gasteiger partial charge in [-0.05, 0) is 23.7 Å². The van der Waals surface area contributed by atoms with Crippen molar-refractivity contribution in [2.45, 2.75) is 56.6 Å². The second kappa shape index (κ2) is 9.75. The predicted octanol–water partition coefficient (Wildman–Crippen LogP) is 4.04. The molecule has 0 fully saturated rings. The van der Waals surface area contributed by atoms with Crippen LogP contribution in [0.4, 0.5) is 17.6 Å². The van der Waals surface area contributed by atoms with Crippen molar-refractivity contribution in [2.75, 3.05) is 13.2 Å². The van der Waals surface area contributed by atoms with Crippen molar-refractivity contribution in [3.8, 4) is 0 Å². The maximum Gasteiger partial charge on any atom is 0.409 e. The summed E-state index contributed by atoms with van der Waals surface area (Å²) in [6.07, 6.45) is -4.05. The van der Waals surface area contributed by atoms with Crippen molar-refractivity contribution in [3.63, 3.8) is 0 Å². The van der Waals surface area contributed by atoms with E-state index < -0.39 is 53.3 Å². The van der Waals surface area contributed by atoms with Crippen LogP contribution in [-0.4, -0.2) is 55.1 Å². The van der Waals surface area contributed by atoms with Crippen molar-refractivity contribution >= 4 is 18.1 Å². The number of nitrogens with zero attached hydrogens (tertiary/aromatic N) is 4. The van der Waals surface area contributed by atoms with Crippen LogP contribution < -0.4 is 0 Å². The molecule has 0 amide bonds. The smallest absolute Gasteiger partial charge is 0.359 e. The van der Waals surface area contributed by atoms with Gasteiger partial charge in [-0.3, -0.25) is 0 Å². The zero-order valence-electron chi connectivity index (χ0n) is 17.7. The fourth-order valence-corrected chi connectivity index (χ4v) is 5.23. The third-order valence-electron chi connectivity index (χ3n) is 4.46. The zero-order chi connectivity index (χ0) is 23.4. The van der Waals surface area contributed by atoms with E-state index in [2.05, 4.69) is 30.0 Å². The molecule has 1 aromatic heterocycles. The van der Waals surface area contributed by atoms with Crippen molar-refractivity contribution in [2.24, 2.45) is 0 Å². The number of hydrogen-bond acceptors (Lipinski definition) is 5. The highest BCUT2D eigenvalue weighted by Gasteiger charge is 2.49. The largest absolute Gasteiger partial charge is 0.409 e. The molecular weight excluding hydrogens is 456 g/mol. The van der Waals surface area contributed by atoms with E-state index >= 15 is 0 Å². The molecular formula is C18H26F4N4O3SSi. The molecule has 0 saturated carbocycles. The first kappa shape index (κ1) is 25.4. The normalized spacial score (nSPS) is 14.2. The van der Waals surface area contributed by atoms with Crippen LogP contribution in [0.15, 0.2) is 35.5 Å². The molecule has 0 aliphatic carbocycles. The van der Waals surface area contributed by atoms with Crippen molar-refractivity contribution < 1.29 is 30.7 Å². The number of hydrogen-bond donors (Lipinski definition) is 0. The minimum atomic E-state index is -4.94. The van der Waals surface area contributed by atoms with Gasteiger partial charge in [0, 0.05) is 21.2 Å².